The number of unbranched alkanes of at least 4 members (excludes halogenated alkanes) is 1. The largest absolute Gasteiger partial charge is 0.497 e. The summed E-state index contributed by atoms with van der Waals surface area (Å²) in [6, 6.07) is 11.6. The van der Waals surface area contributed by atoms with Crippen molar-refractivity contribution in [3.05, 3.63) is 86.1 Å². The summed E-state index contributed by atoms with van der Waals surface area (Å²) in [5, 5.41) is 9.85. The number of rotatable bonds is 9. The van der Waals surface area contributed by atoms with Crippen LogP contribution in [0, 0.1) is 5.82 Å². The number of alkyl halides is 3. The molecule has 2 aromatic carbocycles. The minimum atomic E-state index is -5.08. The Morgan fingerprint density at radius 2 is 1.77 bits per heavy atom. The summed E-state index contributed by atoms with van der Waals surface area (Å²) in [4.78, 5) is 55.5. The number of carboxylic acids is 1. The van der Waals surface area contributed by atoms with Gasteiger partial charge in [-0.05, 0) is 54.3 Å². The van der Waals surface area contributed by atoms with E-state index in [2.05, 4.69) is 20.3 Å². The fraction of sp³-hybridized carbons (Fsp3) is 0.321. The van der Waals surface area contributed by atoms with Crippen molar-refractivity contribution in [1.29, 1.82) is 0 Å². The number of H-pyrrole nitrogens is 2. The van der Waals surface area contributed by atoms with Gasteiger partial charge in [-0.2, -0.15) is 13.2 Å². The van der Waals surface area contributed by atoms with Crippen LogP contribution in [0.15, 0.2) is 52.1 Å². The Balaban J connectivity index is 0.000000646. The summed E-state index contributed by atoms with van der Waals surface area (Å²) in [5.41, 5.74) is 1.17. The fourth-order valence-electron chi connectivity index (χ4n) is 4.18. The van der Waals surface area contributed by atoms with Crippen LogP contribution in [0.4, 0.5) is 23.2 Å². The highest BCUT2D eigenvalue weighted by Crippen LogP contribution is 2.31. The van der Waals surface area contributed by atoms with Crippen LogP contribution in [-0.2, 0) is 22.6 Å². The quantitative estimate of drug-likeness (QED) is 0.206. The van der Waals surface area contributed by atoms with Gasteiger partial charge in [-0.3, -0.25) is 19.1 Å². The van der Waals surface area contributed by atoms with E-state index in [9.17, 15) is 31.9 Å². The molecule has 15 heteroatoms. The minimum Gasteiger partial charge on any atom is -0.497 e. The molecule has 4 rings (SSSR count). The molecular formula is C28H29F4N5O6. The van der Waals surface area contributed by atoms with E-state index >= 15 is 0 Å². The number of methoxy groups -OCH3 is 1. The van der Waals surface area contributed by atoms with Crippen LogP contribution in [0.5, 0.6) is 5.75 Å². The number of imidazole rings is 1. The van der Waals surface area contributed by atoms with Crippen molar-refractivity contribution in [1.82, 2.24) is 19.5 Å². The highest BCUT2D eigenvalue weighted by molar-refractivity contribution is 5.88. The predicted octanol–water partition coefficient (Wildman–Crippen LogP) is 4.33. The normalized spacial score (nSPS) is 11.9. The fourth-order valence-corrected chi connectivity index (χ4v) is 4.18. The molecule has 0 radical (unpaired) electrons. The van der Waals surface area contributed by atoms with Gasteiger partial charge in [-0.15, -0.1) is 0 Å². The van der Waals surface area contributed by atoms with Crippen LogP contribution in [0.3, 0.4) is 0 Å². The van der Waals surface area contributed by atoms with Crippen molar-refractivity contribution in [2.45, 2.75) is 51.7 Å². The third kappa shape index (κ3) is 8.30. The monoisotopic (exact) mass is 607 g/mol. The maximum Gasteiger partial charge on any atom is 0.490 e. The standard InChI is InChI=1S/C26H28FN5O4.C2HF3O2/c1-4-5-12-32-24-22(25(34)31-26(32)35)29-23(30-24)20(14-17-13-19(36-3)10-11-21(17)27)16-6-8-18(9-7-16)28-15(2)33;3-2(4,5)1(6)7/h6-11,13,20H,4-5,12,14H2,1-3H3,(H,28,33)(H,29,30)(H,31,34,35);(H,6,7). The van der Waals surface area contributed by atoms with E-state index in [-0.39, 0.29) is 23.5 Å². The number of carbonyl (C=O) groups excluding carboxylic acids is 1. The van der Waals surface area contributed by atoms with Crippen molar-refractivity contribution < 1.29 is 37.0 Å². The third-order valence-corrected chi connectivity index (χ3v) is 6.27. The van der Waals surface area contributed by atoms with Gasteiger partial charge in [0.1, 0.15) is 22.9 Å². The number of amides is 1. The van der Waals surface area contributed by atoms with Crippen molar-refractivity contribution >= 4 is 28.7 Å². The van der Waals surface area contributed by atoms with E-state index in [1.165, 1.54) is 24.7 Å². The third-order valence-electron chi connectivity index (χ3n) is 6.27. The lowest BCUT2D eigenvalue weighted by molar-refractivity contribution is -0.192. The van der Waals surface area contributed by atoms with Crippen molar-refractivity contribution in [2.24, 2.45) is 0 Å². The van der Waals surface area contributed by atoms with Crippen molar-refractivity contribution in [3.8, 4) is 5.75 Å². The highest BCUT2D eigenvalue weighted by Gasteiger charge is 2.38. The Kier molecular flexibility index (Phi) is 10.5. The second-order valence-electron chi connectivity index (χ2n) is 9.41. The van der Waals surface area contributed by atoms with E-state index in [1.54, 1.807) is 24.3 Å². The van der Waals surface area contributed by atoms with Gasteiger partial charge in [0.25, 0.3) is 5.56 Å². The molecule has 0 bridgehead atoms. The molecule has 1 unspecified atom stereocenters. The number of benzene rings is 2. The molecular weight excluding hydrogens is 578 g/mol. The number of halogens is 4. The highest BCUT2D eigenvalue weighted by atomic mass is 19.4. The Morgan fingerprint density at radius 1 is 1.12 bits per heavy atom. The first-order chi connectivity index (χ1) is 20.2. The van der Waals surface area contributed by atoms with Crippen LogP contribution in [0.25, 0.3) is 11.2 Å². The lowest BCUT2D eigenvalue weighted by Gasteiger charge is -2.17. The molecule has 4 N–H and O–H groups in total. The first-order valence-electron chi connectivity index (χ1n) is 13.0. The van der Waals surface area contributed by atoms with Gasteiger partial charge in [0.05, 0.1) is 7.11 Å². The molecule has 1 amide bonds. The van der Waals surface area contributed by atoms with E-state index in [4.69, 9.17) is 14.6 Å². The number of nitrogens with zero attached hydrogens (tertiary/aromatic N) is 2. The van der Waals surface area contributed by atoms with Gasteiger partial charge in [0, 0.05) is 25.1 Å². The zero-order valence-electron chi connectivity index (χ0n) is 23.3. The Labute approximate surface area is 241 Å². The molecule has 0 saturated carbocycles. The molecule has 0 aliphatic rings. The van der Waals surface area contributed by atoms with Gasteiger partial charge in [0.15, 0.2) is 5.65 Å². The molecule has 0 aliphatic heterocycles. The number of aromatic nitrogens is 4. The van der Waals surface area contributed by atoms with Gasteiger partial charge in [-0.1, -0.05) is 25.5 Å². The van der Waals surface area contributed by atoms with E-state index in [0.717, 1.165) is 18.4 Å². The summed E-state index contributed by atoms with van der Waals surface area (Å²) in [5.74, 6) is -2.91. The van der Waals surface area contributed by atoms with Gasteiger partial charge in [-0.25, -0.2) is 19.0 Å². The lowest BCUT2D eigenvalue weighted by atomic mass is 9.90. The maximum atomic E-state index is 14.8. The average Bonchev–Trinajstić information content (AvgIpc) is 3.38. The van der Waals surface area contributed by atoms with Gasteiger partial charge < -0.3 is 20.1 Å². The first kappa shape index (κ1) is 32.6. The van der Waals surface area contributed by atoms with Crippen LogP contribution in [0.1, 0.15) is 49.6 Å². The maximum absolute atomic E-state index is 14.8. The second kappa shape index (κ2) is 13.8. The molecule has 2 aromatic heterocycles. The summed E-state index contributed by atoms with van der Waals surface area (Å²) in [7, 11) is 1.51. The summed E-state index contributed by atoms with van der Waals surface area (Å²) >= 11 is 0. The zero-order valence-corrected chi connectivity index (χ0v) is 23.3. The molecule has 4 aromatic rings. The molecule has 2 heterocycles. The first-order valence-corrected chi connectivity index (χ1v) is 13.0. The number of anilines is 1. The van der Waals surface area contributed by atoms with E-state index < -0.39 is 35.1 Å². The number of carboxylic acid groups (broad SMARTS) is 1. The Bertz CT molecular complexity index is 1710. The molecule has 230 valence electrons. The van der Waals surface area contributed by atoms with Crippen molar-refractivity contribution in [3.63, 3.8) is 0 Å². The molecule has 0 aliphatic carbocycles. The van der Waals surface area contributed by atoms with Crippen molar-refractivity contribution in [2.75, 3.05) is 12.4 Å². The number of fused-ring (bicyclic) bond motifs is 1. The summed E-state index contributed by atoms with van der Waals surface area (Å²) in [6.07, 6.45) is -3.27. The van der Waals surface area contributed by atoms with Crippen LogP contribution in [0.2, 0.25) is 0 Å². The molecule has 0 fully saturated rings. The molecule has 1 atom stereocenters. The number of aromatic amines is 2. The smallest absolute Gasteiger partial charge is 0.490 e. The summed E-state index contributed by atoms with van der Waals surface area (Å²) < 4.78 is 53.3. The van der Waals surface area contributed by atoms with E-state index in [1.807, 2.05) is 19.1 Å². The minimum absolute atomic E-state index is 0.187. The van der Waals surface area contributed by atoms with Crippen LogP contribution in [-0.4, -0.2) is 49.8 Å². The zero-order chi connectivity index (χ0) is 31.9. The molecule has 43 heavy (non-hydrogen) atoms. The topological polar surface area (TPSA) is 159 Å². The number of carbonyl (C=O) groups is 2. The lowest BCUT2D eigenvalue weighted by Crippen LogP contribution is -2.30. The average molecular weight is 608 g/mol. The summed E-state index contributed by atoms with van der Waals surface area (Å²) in [6.45, 7) is 3.84. The Hall–Kier alpha value is -4.95. The number of aliphatic carboxylic acids is 1. The Morgan fingerprint density at radius 3 is 2.33 bits per heavy atom. The predicted molar refractivity (Wildman–Crippen MR) is 149 cm³/mol. The van der Waals surface area contributed by atoms with Gasteiger partial charge in [0.2, 0.25) is 5.91 Å². The van der Waals surface area contributed by atoms with Crippen LogP contribution >= 0.6 is 0 Å². The molecule has 0 spiro atoms. The number of nitrogens with one attached hydrogen (secondary N) is 3. The number of hydrogen-bond donors (Lipinski definition) is 4. The number of aryl methyl sites for hydroxylation is 1. The SMILES string of the molecule is CCCCn1c(=O)[nH]c(=O)c2[nH]c(C(Cc3cc(OC)ccc3F)c3ccc(NC(C)=O)cc3)nc21.O=C(O)C(F)(F)F. The van der Waals surface area contributed by atoms with E-state index in [0.29, 0.717) is 29.4 Å². The van der Waals surface area contributed by atoms with Crippen LogP contribution < -0.4 is 21.3 Å². The number of hydrogen-bond acceptors (Lipinski definition) is 6. The second-order valence-corrected chi connectivity index (χ2v) is 9.41. The molecule has 0 saturated heterocycles. The number of ether oxygens (including phenoxy) is 1. The van der Waals surface area contributed by atoms with Gasteiger partial charge >= 0.3 is 17.8 Å². The molecule has 11 nitrogen and oxygen atoms in total.